The van der Waals surface area contributed by atoms with Crippen LogP contribution in [-0.2, 0) is 23.1 Å². The van der Waals surface area contributed by atoms with E-state index >= 15 is 0 Å². The highest BCUT2D eigenvalue weighted by molar-refractivity contribution is 7.89. The molecule has 4 nitrogen and oxygen atoms in total. The Morgan fingerprint density at radius 2 is 1.47 bits per heavy atom. The van der Waals surface area contributed by atoms with Crippen molar-refractivity contribution >= 4 is 10.0 Å². The predicted octanol–water partition coefficient (Wildman–Crippen LogP) is 4.29. The zero-order valence-electron chi connectivity index (χ0n) is 16.7. The minimum Gasteiger partial charge on any atom is -0.297 e. The molecule has 1 unspecified atom stereocenters. The van der Waals surface area contributed by atoms with Gasteiger partial charge in [0.25, 0.3) is 0 Å². The fourth-order valence-corrected chi connectivity index (χ4v) is 5.58. The van der Waals surface area contributed by atoms with E-state index in [1.54, 1.807) is 4.31 Å². The van der Waals surface area contributed by atoms with Crippen LogP contribution in [0.25, 0.3) is 0 Å². The topological polar surface area (TPSA) is 40.6 Å². The maximum Gasteiger partial charge on any atom is 0.243 e. The molecule has 0 aromatic heterocycles. The van der Waals surface area contributed by atoms with E-state index in [0.29, 0.717) is 13.1 Å². The van der Waals surface area contributed by atoms with Crippen LogP contribution in [-0.4, -0.2) is 36.8 Å². The van der Waals surface area contributed by atoms with Gasteiger partial charge in [-0.2, -0.15) is 4.31 Å². The lowest BCUT2D eigenvalue weighted by molar-refractivity contribution is 0.276. The molecule has 0 aliphatic carbocycles. The molecule has 0 N–H and O–H groups in total. The molecule has 0 saturated carbocycles. The first-order valence-electron chi connectivity index (χ1n) is 10.1. The molecule has 1 aliphatic rings. The number of halogens is 1. The molecule has 6 heteroatoms. The number of hydrogen-bond acceptors (Lipinski definition) is 3. The average Bonchev–Trinajstić information content (AvgIpc) is 3.21. The van der Waals surface area contributed by atoms with E-state index in [-0.39, 0.29) is 10.9 Å². The molecule has 3 aromatic carbocycles. The third-order valence-electron chi connectivity index (χ3n) is 5.51. The van der Waals surface area contributed by atoms with E-state index in [0.717, 1.165) is 25.1 Å². The molecule has 0 bridgehead atoms. The summed E-state index contributed by atoms with van der Waals surface area (Å²) in [5.41, 5.74) is 2.15. The Bertz CT molecular complexity index is 1060. The summed E-state index contributed by atoms with van der Waals surface area (Å²) < 4.78 is 41.9. The Morgan fingerprint density at radius 3 is 2.10 bits per heavy atom. The molecule has 1 saturated heterocycles. The van der Waals surface area contributed by atoms with E-state index in [1.165, 1.54) is 29.8 Å². The Hall–Kier alpha value is -2.54. The Morgan fingerprint density at radius 1 is 0.867 bits per heavy atom. The predicted molar refractivity (Wildman–Crippen MR) is 116 cm³/mol. The summed E-state index contributed by atoms with van der Waals surface area (Å²) in [6.45, 7) is 2.60. The Balaban J connectivity index is 1.58. The number of nitrogens with zero attached hydrogens (tertiary/aromatic N) is 2. The largest absolute Gasteiger partial charge is 0.297 e. The first-order valence-corrected chi connectivity index (χ1v) is 11.5. The zero-order chi connectivity index (χ0) is 21.0. The SMILES string of the molecule is O=S(=O)(c1ccc(F)cc1)N(Cc1ccccc1)C1CCN(Cc2ccccc2)C1. The van der Waals surface area contributed by atoms with Crippen LogP contribution in [0.2, 0.25) is 0 Å². The van der Waals surface area contributed by atoms with Gasteiger partial charge < -0.3 is 0 Å². The van der Waals surface area contributed by atoms with Gasteiger partial charge in [-0.05, 0) is 41.8 Å². The molecule has 1 atom stereocenters. The zero-order valence-corrected chi connectivity index (χ0v) is 17.5. The molecule has 156 valence electrons. The second-order valence-corrected chi connectivity index (χ2v) is 9.54. The number of sulfonamides is 1. The van der Waals surface area contributed by atoms with Gasteiger partial charge in [-0.25, -0.2) is 12.8 Å². The second-order valence-electron chi connectivity index (χ2n) is 7.65. The minimum atomic E-state index is -3.76. The van der Waals surface area contributed by atoms with Gasteiger partial charge in [0, 0.05) is 32.2 Å². The van der Waals surface area contributed by atoms with Crippen molar-refractivity contribution in [2.45, 2.75) is 30.4 Å². The van der Waals surface area contributed by atoms with Gasteiger partial charge in [0.2, 0.25) is 10.0 Å². The molecule has 30 heavy (non-hydrogen) atoms. The second kappa shape index (κ2) is 9.08. The molecule has 0 spiro atoms. The molecular formula is C24H25FN2O2S. The maximum absolute atomic E-state index is 13.5. The summed E-state index contributed by atoms with van der Waals surface area (Å²) >= 11 is 0. The molecule has 3 aromatic rings. The number of benzene rings is 3. The van der Waals surface area contributed by atoms with Crippen molar-refractivity contribution in [3.8, 4) is 0 Å². The van der Waals surface area contributed by atoms with E-state index in [1.807, 2.05) is 48.5 Å². The smallest absolute Gasteiger partial charge is 0.243 e. The maximum atomic E-state index is 13.5. The number of likely N-dealkylation sites (tertiary alicyclic amines) is 1. The lowest BCUT2D eigenvalue weighted by atomic mass is 10.2. The molecule has 1 fully saturated rings. The number of rotatable bonds is 7. The lowest BCUT2D eigenvalue weighted by Crippen LogP contribution is -2.41. The fraction of sp³-hybridized carbons (Fsp3) is 0.250. The van der Waals surface area contributed by atoms with E-state index < -0.39 is 15.8 Å². The summed E-state index contributed by atoms with van der Waals surface area (Å²) in [6.07, 6.45) is 0.764. The standard InChI is InChI=1S/C24H25FN2O2S/c25-22-11-13-24(14-12-22)30(28,29)27(18-21-9-5-2-6-10-21)23-15-16-26(19-23)17-20-7-3-1-4-8-20/h1-14,23H,15-19H2. The Labute approximate surface area is 177 Å². The quantitative estimate of drug-likeness (QED) is 0.568. The first-order chi connectivity index (χ1) is 14.5. The summed E-state index contributed by atoms with van der Waals surface area (Å²) in [5, 5.41) is 0. The van der Waals surface area contributed by atoms with Gasteiger partial charge in [0.15, 0.2) is 0 Å². The molecular weight excluding hydrogens is 399 g/mol. The summed E-state index contributed by atoms with van der Waals surface area (Å²) in [4.78, 5) is 2.42. The third kappa shape index (κ3) is 4.78. The summed E-state index contributed by atoms with van der Waals surface area (Å²) in [5.74, 6) is -0.446. The van der Waals surface area contributed by atoms with Crippen LogP contribution in [0.3, 0.4) is 0 Å². The van der Waals surface area contributed by atoms with Crippen molar-refractivity contribution in [2.75, 3.05) is 13.1 Å². The van der Waals surface area contributed by atoms with Crippen LogP contribution in [0.4, 0.5) is 4.39 Å². The third-order valence-corrected chi connectivity index (χ3v) is 7.42. The van der Waals surface area contributed by atoms with Gasteiger partial charge in [-0.3, -0.25) is 4.90 Å². The molecule has 4 rings (SSSR count). The van der Waals surface area contributed by atoms with Crippen molar-refractivity contribution < 1.29 is 12.8 Å². The minimum absolute atomic E-state index is 0.126. The van der Waals surface area contributed by atoms with Crippen LogP contribution in [0.15, 0.2) is 89.8 Å². The van der Waals surface area contributed by atoms with Crippen LogP contribution < -0.4 is 0 Å². The molecule has 1 aliphatic heterocycles. The molecule has 0 amide bonds. The van der Waals surface area contributed by atoms with Crippen LogP contribution in [0.5, 0.6) is 0 Å². The van der Waals surface area contributed by atoms with Crippen molar-refractivity contribution in [1.29, 1.82) is 0 Å². The van der Waals surface area contributed by atoms with Crippen molar-refractivity contribution in [3.05, 3.63) is 102 Å². The van der Waals surface area contributed by atoms with Gasteiger partial charge in [0.1, 0.15) is 5.82 Å². The van der Waals surface area contributed by atoms with Crippen LogP contribution in [0, 0.1) is 5.82 Å². The summed E-state index contributed by atoms with van der Waals surface area (Å²) in [6, 6.07) is 24.8. The van der Waals surface area contributed by atoms with E-state index in [4.69, 9.17) is 0 Å². The lowest BCUT2D eigenvalue weighted by Gasteiger charge is -2.28. The fourth-order valence-electron chi connectivity index (χ4n) is 3.95. The highest BCUT2D eigenvalue weighted by Gasteiger charge is 2.36. The van der Waals surface area contributed by atoms with Crippen LogP contribution >= 0.6 is 0 Å². The molecule has 1 heterocycles. The van der Waals surface area contributed by atoms with Gasteiger partial charge in [-0.1, -0.05) is 60.7 Å². The average molecular weight is 425 g/mol. The number of hydrogen-bond donors (Lipinski definition) is 0. The van der Waals surface area contributed by atoms with Crippen molar-refractivity contribution in [2.24, 2.45) is 0 Å². The van der Waals surface area contributed by atoms with Gasteiger partial charge >= 0.3 is 0 Å². The highest BCUT2D eigenvalue weighted by Crippen LogP contribution is 2.27. The summed E-state index contributed by atoms with van der Waals surface area (Å²) in [7, 11) is -3.76. The Kier molecular flexibility index (Phi) is 6.27. The van der Waals surface area contributed by atoms with Crippen LogP contribution in [0.1, 0.15) is 17.5 Å². The van der Waals surface area contributed by atoms with Gasteiger partial charge in [0.05, 0.1) is 4.90 Å². The monoisotopic (exact) mass is 424 g/mol. The normalized spacial score (nSPS) is 17.5. The first kappa shape index (κ1) is 20.7. The highest BCUT2D eigenvalue weighted by atomic mass is 32.2. The van der Waals surface area contributed by atoms with E-state index in [9.17, 15) is 12.8 Å². The van der Waals surface area contributed by atoms with Crippen molar-refractivity contribution in [3.63, 3.8) is 0 Å². The molecule has 0 radical (unpaired) electrons. The van der Waals surface area contributed by atoms with Crippen molar-refractivity contribution in [1.82, 2.24) is 9.21 Å². The van der Waals surface area contributed by atoms with Gasteiger partial charge in [-0.15, -0.1) is 0 Å². The van der Waals surface area contributed by atoms with E-state index in [2.05, 4.69) is 17.0 Å².